The molecule has 0 spiro atoms. The van der Waals surface area contributed by atoms with Crippen LogP contribution < -0.4 is 0 Å². The molecular weight excluding hydrogens is 255 g/mol. The Morgan fingerprint density at radius 2 is 1.65 bits per heavy atom. The predicted octanol–water partition coefficient (Wildman–Crippen LogP) is 4.45. The molecule has 0 saturated carbocycles. The van der Waals surface area contributed by atoms with Gasteiger partial charge in [0.1, 0.15) is 17.0 Å². The maximum Gasteiger partial charge on any atom is 0.342 e. The summed E-state index contributed by atoms with van der Waals surface area (Å²) in [7, 11) is 0. The zero-order valence-corrected chi connectivity index (χ0v) is 11.8. The molecule has 2 nitrogen and oxygen atoms in total. The molecule has 0 unspecified atom stereocenters. The monoisotopic (exact) mass is 272 g/mol. The van der Waals surface area contributed by atoms with E-state index in [1.54, 1.807) is 32.9 Å². The number of carbonyl (C=O) groups is 1. The molecule has 0 saturated heterocycles. The highest BCUT2D eigenvalue weighted by atomic mass is 19.1. The van der Waals surface area contributed by atoms with E-state index in [9.17, 15) is 9.18 Å². The Balaban J connectivity index is 2.50. The van der Waals surface area contributed by atoms with E-state index in [1.807, 2.05) is 30.3 Å². The number of carbonyl (C=O) groups excluding carboxylic acids is 1. The predicted molar refractivity (Wildman–Crippen MR) is 77.0 cm³/mol. The highest BCUT2D eigenvalue weighted by molar-refractivity contribution is 5.97. The Morgan fingerprint density at radius 3 is 2.25 bits per heavy atom. The molecule has 0 aliphatic carbocycles. The zero-order chi connectivity index (χ0) is 14.8. The third kappa shape index (κ3) is 3.23. The van der Waals surface area contributed by atoms with Crippen LogP contribution >= 0.6 is 0 Å². The maximum absolute atomic E-state index is 14.1. The second-order valence-corrected chi connectivity index (χ2v) is 5.53. The van der Waals surface area contributed by atoms with Crippen LogP contribution in [0.5, 0.6) is 0 Å². The third-order valence-electron chi connectivity index (χ3n) is 2.70. The molecule has 0 amide bonds. The molecule has 0 heterocycles. The van der Waals surface area contributed by atoms with Crippen molar-refractivity contribution in [2.24, 2.45) is 0 Å². The molecule has 3 heteroatoms. The Kier molecular flexibility index (Phi) is 3.89. The fourth-order valence-corrected chi connectivity index (χ4v) is 1.92. The molecule has 0 aliphatic heterocycles. The lowest BCUT2D eigenvalue weighted by Crippen LogP contribution is -2.25. The molecule has 0 bridgehead atoms. The first-order chi connectivity index (χ1) is 9.38. The molecule has 2 rings (SSSR count). The number of benzene rings is 2. The van der Waals surface area contributed by atoms with Crippen molar-refractivity contribution in [3.8, 4) is 11.1 Å². The minimum atomic E-state index is -0.659. The largest absolute Gasteiger partial charge is 0.456 e. The summed E-state index contributed by atoms with van der Waals surface area (Å²) in [4.78, 5) is 12.2. The van der Waals surface area contributed by atoms with Crippen LogP contribution in [-0.4, -0.2) is 11.6 Å². The molecule has 0 aliphatic rings. The van der Waals surface area contributed by atoms with Crippen molar-refractivity contribution in [1.82, 2.24) is 0 Å². The van der Waals surface area contributed by atoms with E-state index in [-0.39, 0.29) is 5.56 Å². The van der Waals surface area contributed by atoms with Crippen molar-refractivity contribution in [2.75, 3.05) is 0 Å². The zero-order valence-electron chi connectivity index (χ0n) is 11.8. The van der Waals surface area contributed by atoms with Gasteiger partial charge in [-0.3, -0.25) is 0 Å². The molecule has 20 heavy (non-hydrogen) atoms. The maximum atomic E-state index is 14.1. The quantitative estimate of drug-likeness (QED) is 0.755. The van der Waals surface area contributed by atoms with Crippen molar-refractivity contribution >= 4 is 5.97 Å². The Morgan fingerprint density at radius 1 is 1.00 bits per heavy atom. The molecule has 0 fully saturated rings. The van der Waals surface area contributed by atoms with Gasteiger partial charge in [-0.25, -0.2) is 9.18 Å². The van der Waals surface area contributed by atoms with Gasteiger partial charge in [-0.15, -0.1) is 0 Å². The summed E-state index contributed by atoms with van der Waals surface area (Å²) in [5.74, 6) is -1.21. The second-order valence-electron chi connectivity index (χ2n) is 5.53. The van der Waals surface area contributed by atoms with Gasteiger partial charge in [0.05, 0.1) is 0 Å². The number of ether oxygens (including phenoxy) is 1. The summed E-state index contributed by atoms with van der Waals surface area (Å²) in [6, 6.07) is 13.8. The summed E-state index contributed by atoms with van der Waals surface area (Å²) < 4.78 is 19.3. The van der Waals surface area contributed by atoms with Gasteiger partial charge >= 0.3 is 5.97 Å². The fraction of sp³-hybridized carbons (Fsp3) is 0.235. The summed E-state index contributed by atoms with van der Waals surface area (Å²) in [5.41, 5.74) is 0.647. The minimum absolute atomic E-state index is 0.0198. The van der Waals surface area contributed by atoms with Crippen molar-refractivity contribution in [1.29, 1.82) is 0 Å². The minimum Gasteiger partial charge on any atom is -0.456 e. The first kappa shape index (κ1) is 14.3. The van der Waals surface area contributed by atoms with E-state index in [4.69, 9.17) is 4.74 Å². The Labute approximate surface area is 118 Å². The van der Waals surface area contributed by atoms with Crippen LogP contribution in [0.1, 0.15) is 31.1 Å². The fourth-order valence-electron chi connectivity index (χ4n) is 1.92. The van der Waals surface area contributed by atoms with Crippen LogP contribution in [0.3, 0.4) is 0 Å². The van der Waals surface area contributed by atoms with E-state index >= 15 is 0 Å². The second kappa shape index (κ2) is 5.45. The highest BCUT2D eigenvalue weighted by Crippen LogP contribution is 2.27. The topological polar surface area (TPSA) is 26.3 Å². The van der Waals surface area contributed by atoms with Crippen LogP contribution in [0.15, 0.2) is 48.5 Å². The van der Waals surface area contributed by atoms with Crippen LogP contribution in [0.25, 0.3) is 11.1 Å². The molecule has 0 radical (unpaired) electrons. The van der Waals surface area contributed by atoms with Crippen LogP contribution in [-0.2, 0) is 4.74 Å². The normalized spacial score (nSPS) is 11.2. The Hall–Kier alpha value is -2.16. The molecule has 104 valence electrons. The van der Waals surface area contributed by atoms with Gasteiger partial charge in [-0.2, -0.15) is 0 Å². The third-order valence-corrected chi connectivity index (χ3v) is 2.70. The van der Waals surface area contributed by atoms with Crippen LogP contribution in [0.2, 0.25) is 0 Å². The van der Waals surface area contributed by atoms with Gasteiger partial charge in [-0.05, 0) is 38.0 Å². The lowest BCUT2D eigenvalue weighted by molar-refractivity contribution is 0.00657. The van der Waals surface area contributed by atoms with Crippen LogP contribution in [0, 0.1) is 5.82 Å². The van der Waals surface area contributed by atoms with Gasteiger partial charge in [-0.1, -0.05) is 42.5 Å². The molecule has 0 N–H and O–H groups in total. The summed E-state index contributed by atoms with van der Waals surface area (Å²) in [5, 5.41) is 0. The SMILES string of the molecule is CC(C)(C)OC(=O)c1c(F)cccc1-c1ccccc1. The van der Waals surface area contributed by atoms with Gasteiger partial charge in [0.15, 0.2) is 0 Å². The van der Waals surface area contributed by atoms with E-state index in [0.717, 1.165) is 5.56 Å². The van der Waals surface area contributed by atoms with Crippen molar-refractivity contribution in [3.63, 3.8) is 0 Å². The number of halogens is 1. The van der Waals surface area contributed by atoms with Gasteiger partial charge in [0, 0.05) is 0 Å². The standard InChI is InChI=1S/C17H17FO2/c1-17(2,3)20-16(19)15-13(10-7-11-14(15)18)12-8-5-4-6-9-12/h4-11H,1-3H3. The van der Waals surface area contributed by atoms with Crippen molar-refractivity contribution in [2.45, 2.75) is 26.4 Å². The van der Waals surface area contributed by atoms with Gasteiger partial charge in [0.25, 0.3) is 0 Å². The number of hydrogen-bond donors (Lipinski definition) is 0. The van der Waals surface area contributed by atoms with Crippen molar-refractivity contribution in [3.05, 3.63) is 59.9 Å². The summed E-state index contributed by atoms with van der Waals surface area (Å²) in [6.45, 7) is 5.27. The van der Waals surface area contributed by atoms with E-state index < -0.39 is 17.4 Å². The molecule has 0 atom stereocenters. The summed E-state index contributed by atoms with van der Waals surface area (Å²) in [6.07, 6.45) is 0. The lowest BCUT2D eigenvalue weighted by atomic mass is 9.99. The first-order valence-corrected chi connectivity index (χ1v) is 6.46. The Bertz CT molecular complexity index is 613. The molecule has 2 aromatic rings. The van der Waals surface area contributed by atoms with E-state index in [0.29, 0.717) is 5.56 Å². The lowest BCUT2D eigenvalue weighted by Gasteiger charge is -2.20. The number of hydrogen-bond acceptors (Lipinski definition) is 2. The van der Waals surface area contributed by atoms with Crippen LogP contribution in [0.4, 0.5) is 4.39 Å². The van der Waals surface area contributed by atoms with Gasteiger partial charge < -0.3 is 4.74 Å². The van der Waals surface area contributed by atoms with Gasteiger partial charge in [0.2, 0.25) is 0 Å². The first-order valence-electron chi connectivity index (χ1n) is 6.46. The van der Waals surface area contributed by atoms with E-state index in [2.05, 4.69) is 0 Å². The highest BCUT2D eigenvalue weighted by Gasteiger charge is 2.23. The van der Waals surface area contributed by atoms with E-state index in [1.165, 1.54) is 6.07 Å². The summed E-state index contributed by atoms with van der Waals surface area (Å²) >= 11 is 0. The number of esters is 1. The molecule has 0 aromatic heterocycles. The smallest absolute Gasteiger partial charge is 0.342 e. The average Bonchev–Trinajstić information content (AvgIpc) is 2.37. The average molecular weight is 272 g/mol. The molecule has 2 aromatic carbocycles. The molecular formula is C17H17FO2. The van der Waals surface area contributed by atoms with Crippen molar-refractivity contribution < 1.29 is 13.9 Å². The number of rotatable bonds is 2.